The van der Waals surface area contributed by atoms with Gasteiger partial charge in [0.2, 0.25) is 0 Å². The minimum absolute atomic E-state index is 0.113. The molecule has 4 rings (SSSR count). The number of nitrogens with zero attached hydrogens (tertiary/aromatic N) is 5. The van der Waals surface area contributed by atoms with Crippen LogP contribution in [0.1, 0.15) is 57.0 Å². The van der Waals surface area contributed by atoms with Gasteiger partial charge in [-0.25, -0.2) is 4.98 Å². The minimum Gasteiger partial charge on any atom is -0.481 e. The second-order valence-electron chi connectivity index (χ2n) is 7.75. The molecule has 3 aromatic heterocycles. The van der Waals surface area contributed by atoms with Crippen molar-refractivity contribution in [3.63, 3.8) is 0 Å². The van der Waals surface area contributed by atoms with Crippen LogP contribution in [-0.2, 0) is 24.3 Å². The molecule has 1 aliphatic heterocycles. The molecule has 0 saturated carbocycles. The molecule has 1 aliphatic rings. The van der Waals surface area contributed by atoms with Crippen LogP contribution in [0, 0.1) is 13.8 Å². The van der Waals surface area contributed by atoms with Crippen LogP contribution < -0.4 is 5.32 Å². The molecule has 0 unspecified atom stereocenters. The number of fused-ring (bicyclic) bond motifs is 1. The highest BCUT2D eigenvalue weighted by molar-refractivity contribution is 5.95. The van der Waals surface area contributed by atoms with Crippen molar-refractivity contribution in [3.05, 3.63) is 52.6 Å². The number of rotatable bonds is 6. The molecule has 3 aromatic rings. The van der Waals surface area contributed by atoms with Gasteiger partial charge < -0.3 is 20.3 Å². The van der Waals surface area contributed by atoms with Crippen LogP contribution in [0.15, 0.2) is 18.6 Å². The van der Waals surface area contributed by atoms with Crippen LogP contribution in [0.3, 0.4) is 0 Å². The van der Waals surface area contributed by atoms with Gasteiger partial charge in [-0.3, -0.25) is 24.2 Å². The number of imidazole rings is 1. The Morgan fingerprint density at radius 1 is 1.27 bits per heavy atom. The van der Waals surface area contributed by atoms with Gasteiger partial charge in [0.15, 0.2) is 5.69 Å². The highest BCUT2D eigenvalue weighted by atomic mass is 16.4. The van der Waals surface area contributed by atoms with E-state index in [4.69, 9.17) is 9.90 Å². The first-order valence-corrected chi connectivity index (χ1v) is 10.6. The van der Waals surface area contributed by atoms with E-state index in [-0.39, 0.29) is 11.8 Å². The molecule has 0 saturated heterocycles. The zero-order chi connectivity index (χ0) is 24.0. The number of carboxylic acid groups (broad SMARTS) is 1. The fourth-order valence-electron chi connectivity index (χ4n) is 3.64. The first-order valence-electron chi connectivity index (χ1n) is 10.6. The molecule has 33 heavy (non-hydrogen) atoms. The summed E-state index contributed by atoms with van der Waals surface area (Å²) in [5.41, 5.74) is 4.67. The monoisotopic (exact) mass is 456 g/mol. The van der Waals surface area contributed by atoms with Gasteiger partial charge in [-0.05, 0) is 32.8 Å². The molecule has 0 aliphatic carbocycles. The molecule has 4 heterocycles. The fraction of sp³-hybridized carbons (Fsp3) is 0.429. The van der Waals surface area contributed by atoms with Gasteiger partial charge in [-0.15, -0.1) is 0 Å². The van der Waals surface area contributed by atoms with Crippen LogP contribution in [0.5, 0.6) is 0 Å². The van der Waals surface area contributed by atoms with E-state index in [1.165, 1.54) is 12.5 Å². The molecule has 0 fully saturated rings. The number of carbonyl (C=O) groups is 3. The normalized spacial score (nSPS) is 12.5. The number of hydrogen-bond donors (Lipinski definition) is 4. The van der Waals surface area contributed by atoms with Gasteiger partial charge in [0, 0.05) is 37.8 Å². The number of carboxylic acids is 1. The molecule has 4 N–H and O–H groups in total. The van der Waals surface area contributed by atoms with Crippen molar-refractivity contribution >= 4 is 17.8 Å². The van der Waals surface area contributed by atoms with Crippen LogP contribution in [-0.4, -0.2) is 70.8 Å². The summed E-state index contributed by atoms with van der Waals surface area (Å²) in [4.78, 5) is 42.4. The van der Waals surface area contributed by atoms with Crippen molar-refractivity contribution in [1.29, 1.82) is 0 Å². The van der Waals surface area contributed by atoms with E-state index in [2.05, 4.69) is 30.6 Å². The van der Waals surface area contributed by atoms with Gasteiger partial charge >= 0.3 is 0 Å². The number of aromatic amines is 2. The Morgan fingerprint density at radius 3 is 2.67 bits per heavy atom. The quantitative estimate of drug-likeness (QED) is 0.403. The zero-order valence-electron chi connectivity index (χ0n) is 18.9. The lowest BCUT2D eigenvalue weighted by atomic mass is 10.0. The summed E-state index contributed by atoms with van der Waals surface area (Å²) in [6.07, 6.45) is 4.36. The number of aromatic nitrogens is 6. The molecule has 0 radical (unpaired) electrons. The van der Waals surface area contributed by atoms with Gasteiger partial charge in [-0.1, -0.05) is 0 Å². The Labute approximate surface area is 190 Å². The number of aryl methyl sites for hydroxylation is 3. The lowest BCUT2D eigenvalue weighted by Crippen LogP contribution is -2.36. The van der Waals surface area contributed by atoms with Gasteiger partial charge in [-0.2, -0.15) is 10.2 Å². The van der Waals surface area contributed by atoms with Crippen molar-refractivity contribution in [2.24, 2.45) is 0 Å². The SMILES string of the molecule is CC(=O)O.Cc1cc(C)n(CCCNC(=O)c2n[nH]c3c2CCN(C(=O)c2cnc[nH]2)C3)n1. The summed E-state index contributed by atoms with van der Waals surface area (Å²) in [5.74, 6) is -1.14. The second-order valence-corrected chi connectivity index (χ2v) is 7.75. The second kappa shape index (κ2) is 10.6. The third-order valence-electron chi connectivity index (χ3n) is 5.10. The lowest BCUT2D eigenvalue weighted by molar-refractivity contribution is -0.134. The molecule has 0 spiro atoms. The number of H-pyrrole nitrogens is 2. The van der Waals surface area contributed by atoms with E-state index in [0.29, 0.717) is 37.4 Å². The molecule has 0 bridgehead atoms. The molecule has 0 aromatic carbocycles. The summed E-state index contributed by atoms with van der Waals surface area (Å²) >= 11 is 0. The predicted molar refractivity (Wildman–Crippen MR) is 118 cm³/mol. The van der Waals surface area contributed by atoms with Crippen molar-refractivity contribution < 1.29 is 19.5 Å². The lowest BCUT2D eigenvalue weighted by Gasteiger charge is -2.26. The summed E-state index contributed by atoms with van der Waals surface area (Å²) in [6.45, 7) is 7.30. The van der Waals surface area contributed by atoms with E-state index in [1.807, 2.05) is 24.6 Å². The third kappa shape index (κ3) is 6.05. The number of amides is 2. The highest BCUT2D eigenvalue weighted by Gasteiger charge is 2.28. The maximum Gasteiger partial charge on any atom is 0.300 e. The molecular weight excluding hydrogens is 428 g/mol. The van der Waals surface area contributed by atoms with E-state index >= 15 is 0 Å². The van der Waals surface area contributed by atoms with Gasteiger partial charge in [0.1, 0.15) is 5.69 Å². The topological polar surface area (TPSA) is 162 Å². The van der Waals surface area contributed by atoms with Gasteiger partial charge in [0.25, 0.3) is 17.8 Å². The predicted octanol–water partition coefficient (Wildman–Crippen LogP) is 1.06. The highest BCUT2D eigenvalue weighted by Crippen LogP contribution is 2.21. The first kappa shape index (κ1) is 23.7. The molecule has 2 amide bonds. The third-order valence-corrected chi connectivity index (χ3v) is 5.10. The smallest absolute Gasteiger partial charge is 0.300 e. The van der Waals surface area contributed by atoms with E-state index < -0.39 is 5.97 Å². The molecule has 176 valence electrons. The summed E-state index contributed by atoms with van der Waals surface area (Å²) in [5, 5.41) is 21.9. The van der Waals surface area contributed by atoms with Crippen molar-refractivity contribution in [2.45, 2.75) is 46.7 Å². The van der Waals surface area contributed by atoms with Crippen molar-refractivity contribution in [1.82, 2.24) is 40.2 Å². The Hall–Kier alpha value is -3.96. The van der Waals surface area contributed by atoms with Crippen molar-refractivity contribution in [3.8, 4) is 0 Å². The Balaban J connectivity index is 0.000000709. The largest absolute Gasteiger partial charge is 0.481 e. The van der Waals surface area contributed by atoms with E-state index in [1.54, 1.807) is 4.90 Å². The van der Waals surface area contributed by atoms with Crippen LogP contribution in [0.25, 0.3) is 0 Å². The number of hydrogen-bond acceptors (Lipinski definition) is 6. The Bertz CT molecular complexity index is 1110. The molecule has 12 heteroatoms. The number of carbonyl (C=O) groups excluding carboxylic acids is 2. The molecule has 12 nitrogen and oxygen atoms in total. The Kier molecular flexibility index (Phi) is 7.59. The Morgan fingerprint density at radius 2 is 2.03 bits per heavy atom. The first-order chi connectivity index (χ1) is 15.8. The molecular formula is C21H28N8O4. The maximum atomic E-state index is 12.6. The number of aliphatic carboxylic acids is 1. The number of nitrogens with one attached hydrogen (secondary N) is 3. The summed E-state index contributed by atoms with van der Waals surface area (Å²) in [7, 11) is 0. The van der Waals surface area contributed by atoms with Crippen LogP contribution >= 0.6 is 0 Å². The standard InChI is InChI=1S/C19H24N8O2.C2H4O2/c1-12-8-13(2)27(25-12)6-3-5-21-18(28)17-14-4-7-26(10-16(14)23-24-17)19(29)15-9-20-11-22-15;1-2(3)4/h8-9,11H,3-7,10H2,1-2H3,(H,20,22)(H,21,28)(H,23,24);1H3,(H,3,4). The maximum absolute atomic E-state index is 12.6. The van der Waals surface area contributed by atoms with E-state index in [9.17, 15) is 9.59 Å². The summed E-state index contributed by atoms with van der Waals surface area (Å²) < 4.78 is 1.95. The minimum atomic E-state index is -0.833. The van der Waals surface area contributed by atoms with Crippen LogP contribution in [0.4, 0.5) is 0 Å². The fourth-order valence-corrected chi connectivity index (χ4v) is 3.64. The van der Waals surface area contributed by atoms with Crippen molar-refractivity contribution in [2.75, 3.05) is 13.1 Å². The van der Waals surface area contributed by atoms with E-state index in [0.717, 1.165) is 42.5 Å². The summed E-state index contributed by atoms with van der Waals surface area (Å²) in [6, 6.07) is 2.04. The average Bonchev–Trinajstić information content (AvgIpc) is 3.50. The van der Waals surface area contributed by atoms with Gasteiger partial charge in [0.05, 0.1) is 30.5 Å². The zero-order valence-corrected chi connectivity index (χ0v) is 18.9. The average molecular weight is 457 g/mol. The van der Waals surface area contributed by atoms with Crippen LogP contribution in [0.2, 0.25) is 0 Å². The molecule has 0 atom stereocenters.